The number of carbonyl (C=O) groups excluding carboxylic acids is 2. The molecule has 4 rings (SSSR count). The summed E-state index contributed by atoms with van der Waals surface area (Å²) < 4.78 is 13.2. The number of carbonyl (C=O) groups is 2. The average molecular weight is 393 g/mol. The highest BCUT2D eigenvalue weighted by molar-refractivity contribution is 6.46. The molecule has 0 spiro atoms. The maximum atomic E-state index is 13.2. The predicted octanol–water partition coefficient (Wildman–Crippen LogP) is 4.88. The van der Waals surface area contributed by atoms with Crippen molar-refractivity contribution in [1.29, 1.82) is 0 Å². The molecule has 2 amide bonds. The molecule has 6 heteroatoms. The minimum atomic E-state index is -0.504. The van der Waals surface area contributed by atoms with Crippen LogP contribution in [0.4, 0.5) is 15.8 Å². The molecule has 1 N–H and O–H groups in total. The Morgan fingerprint density at radius 1 is 0.821 bits per heavy atom. The third-order valence-corrected chi connectivity index (χ3v) is 4.56. The molecule has 0 bridgehead atoms. The summed E-state index contributed by atoms with van der Waals surface area (Å²) in [6, 6.07) is 21.0. The predicted molar refractivity (Wildman–Crippen MR) is 107 cm³/mol. The van der Waals surface area contributed by atoms with Crippen LogP contribution >= 0.6 is 11.6 Å². The Bertz CT molecular complexity index is 1100. The van der Waals surface area contributed by atoms with Crippen molar-refractivity contribution in [2.45, 2.75) is 0 Å². The lowest BCUT2D eigenvalue weighted by Crippen LogP contribution is -2.32. The first-order valence-corrected chi connectivity index (χ1v) is 8.89. The summed E-state index contributed by atoms with van der Waals surface area (Å²) in [4.78, 5) is 27.4. The standard InChI is InChI=1S/C22H14ClFN2O2/c23-15-7-4-8-18(13-15)26-21(27)19(14-5-2-1-3-6-14)20(22(26)28)25-17-11-9-16(24)10-12-17/h1-13,25H. The van der Waals surface area contributed by atoms with Gasteiger partial charge >= 0.3 is 0 Å². The van der Waals surface area contributed by atoms with Crippen LogP contribution in [0, 0.1) is 5.82 Å². The third-order valence-electron chi connectivity index (χ3n) is 4.33. The Morgan fingerprint density at radius 2 is 1.54 bits per heavy atom. The smallest absolute Gasteiger partial charge is 0.282 e. The maximum absolute atomic E-state index is 13.2. The fourth-order valence-corrected chi connectivity index (χ4v) is 3.23. The first-order chi connectivity index (χ1) is 13.5. The van der Waals surface area contributed by atoms with E-state index in [0.717, 1.165) is 4.90 Å². The van der Waals surface area contributed by atoms with Crippen molar-refractivity contribution in [3.8, 4) is 0 Å². The third kappa shape index (κ3) is 3.28. The van der Waals surface area contributed by atoms with Gasteiger partial charge in [-0.05, 0) is 48.0 Å². The second-order valence-electron chi connectivity index (χ2n) is 6.17. The monoisotopic (exact) mass is 392 g/mol. The van der Waals surface area contributed by atoms with E-state index in [1.807, 2.05) is 6.07 Å². The van der Waals surface area contributed by atoms with Gasteiger partial charge in [-0.1, -0.05) is 48.0 Å². The van der Waals surface area contributed by atoms with E-state index in [1.165, 1.54) is 24.3 Å². The van der Waals surface area contributed by atoms with E-state index < -0.39 is 17.6 Å². The van der Waals surface area contributed by atoms with E-state index in [9.17, 15) is 14.0 Å². The number of rotatable bonds is 4. The number of benzene rings is 3. The van der Waals surface area contributed by atoms with Gasteiger partial charge in [0, 0.05) is 10.7 Å². The summed E-state index contributed by atoms with van der Waals surface area (Å²) in [5.74, 6) is -1.35. The van der Waals surface area contributed by atoms with Crippen LogP contribution in [-0.4, -0.2) is 11.8 Å². The molecule has 0 saturated carbocycles. The van der Waals surface area contributed by atoms with Gasteiger partial charge in [-0.2, -0.15) is 0 Å². The van der Waals surface area contributed by atoms with E-state index in [2.05, 4.69) is 5.32 Å². The molecule has 1 heterocycles. The average Bonchev–Trinajstić information content (AvgIpc) is 2.94. The number of nitrogens with zero attached hydrogens (tertiary/aromatic N) is 1. The number of hydrogen-bond donors (Lipinski definition) is 1. The molecule has 4 nitrogen and oxygen atoms in total. The van der Waals surface area contributed by atoms with Gasteiger partial charge in [0.05, 0.1) is 11.3 Å². The van der Waals surface area contributed by atoms with Gasteiger partial charge in [0.15, 0.2) is 0 Å². The molecule has 3 aromatic carbocycles. The molecule has 0 aromatic heterocycles. The number of nitrogens with one attached hydrogen (secondary N) is 1. The summed E-state index contributed by atoms with van der Waals surface area (Å²) in [6.45, 7) is 0. The topological polar surface area (TPSA) is 49.4 Å². The van der Waals surface area contributed by atoms with Crippen LogP contribution in [0.3, 0.4) is 0 Å². The number of amides is 2. The van der Waals surface area contributed by atoms with Crippen molar-refractivity contribution >= 4 is 40.4 Å². The summed E-state index contributed by atoms with van der Waals surface area (Å²) in [7, 11) is 0. The molecule has 3 aromatic rings. The summed E-state index contributed by atoms with van der Waals surface area (Å²) in [6.07, 6.45) is 0. The van der Waals surface area contributed by atoms with Gasteiger partial charge in [-0.3, -0.25) is 9.59 Å². The molecule has 0 fully saturated rings. The second-order valence-corrected chi connectivity index (χ2v) is 6.61. The molecule has 0 aliphatic carbocycles. The zero-order valence-electron chi connectivity index (χ0n) is 14.5. The SMILES string of the molecule is O=C1C(Nc2ccc(F)cc2)=C(c2ccccc2)C(=O)N1c1cccc(Cl)c1. The minimum Gasteiger partial charge on any atom is -0.350 e. The minimum absolute atomic E-state index is 0.128. The van der Waals surface area contributed by atoms with Crippen LogP contribution in [0.25, 0.3) is 5.57 Å². The van der Waals surface area contributed by atoms with Crippen LogP contribution in [-0.2, 0) is 9.59 Å². The van der Waals surface area contributed by atoms with E-state index in [1.54, 1.807) is 48.5 Å². The summed E-state index contributed by atoms with van der Waals surface area (Å²) in [5.41, 5.74) is 1.86. The highest BCUT2D eigenvalue weighted by Gasteiger charge is 2.40. The first-order valence-electron chi connectivity index (χ1n) is 8.51. The fraction of sp³-hybridized carbons (Fsp3) is 0. The highest BCUT2D eigenvalue weighted by atomic mass is 35.5. The van der Waals surface area contributed by atoms with Crippen LogP contribution in [0.15, 0.2) is 84.6 Å². The summed E-state index contributed by atoms with van der Waals surface area (Å²) in [5, 5.41) is 3.40. The maximum Gasteiger partial charge on any atom is 0.282 e. The van der Waals surface area contributed by atoms with Gasteiger partial charge < -0.3 is 5.32 Å². The first kappa shape index (κ1) is 17.9. The molecule has 28 heavy (non-hydrogen) atoms. The van der Waals surface area contributed by atoms with E-state index >= 15 is 0 Å². The fourth-order valence-electron chi connectivity index (χ4n) is 3.05. The van der Waals surface area contributed by atoms with Crippen LogP contribution < -0.4 is 10.2 Å². The Morgan fingerprint density at radius 3 is 2.21 bits per heavy atom. The number of imide groups is 1. The van der Waals surface area contributed by atoms with Crippen molar-refractivity contribution in [3.63, 3.8) is 0 Å². The van der Waals surface area contributed by atoms with Gasteiger partial charge in [0.25, 0.3) is 11.8 Å². The number of anilines is 2. The van der Waals surface area contributed by atoms with Crippen LogP contribution in [0.2, 0.25) is 5.02 Å². The van der Waals surface area contributed by atoms with E-state index in [-0.39, 0.29) is 11.3 Å². The van der Waals surface area contributed by atoms with Crippen molar-refractivity contribution in [2.75, 3.05) is 10.2 Å². The molecule has 138 valence electrons. The molecular weight excluding hydrogens is 379 g/mol. The molecule has 1 aliphatic rings. The van der Waals surface area contributed by atoms with Gasteiger partial charge in [0.2, 0.25) is 0 Å². The number of hydrogen-bond acceptors (Lipinski definition) is 3. The Labute approximate surface area is 165 Å². The molecule has 0 radical (unpaired) electrons. The molecular formula is C22H14ClFN2O2. The summed E-state index contributed by atoms with van der Waals surface area (Å²) >= 11 is 6.04. The van der Waals surface area contributed by atoms with E-state index in [0.29, 0.717) is 22.0 Å². The Hall–Kier alpha value is -3.44. The van der Waals surface area contributed by atoms with Crippen LogP contribution in [0.5, 0.6) is 0 Å². The molecule has 0 saturated heterocycles. The normalized spacial score (nSPS) is 14.0. The Balaban J connectivity index is 1.81. The molecule has 0 atom stereocenters. The highest BCUT2D eigenvalue weighted by Crippen LogP contribution is 2.34. The lowest BCUT2D eigenvalue weighted by Gasteiger charge is -2.15. The van der Waals surface area contributed by atoms with Crippen molar-refractivity contribution < 1.29 is 14.0 Å². The second kappa shape index (κ2) is 7.29. The van der Waals surface area contributed by atoms with Crippen molar-refractivity contribution in [1.82, 2.24) is 0 Å². The lowest BCUT2D eigenvalue weighted by atomic mass is 10.0. The van der Waals surface area contributed by atoms with Crippen LogP contribution in [0.1, 0.15) is 5.56 Å². The van der Waals surface area contributed by atoms with Crippen molar-refractivity contribution in [2.24, 2.45) is 0 Å². The Kier molecular flexibility index (Phi) is 4.67. The number of halogens is 2. The van der Waals surface area contributed by atoms with Gasteiger partial charge in [-0.15, -0.1) is 0 Å². The lowest BCUT2D eigenvalue weighted by molar-refractivity contribution is -0.120. The van der Waals surface area contributed by atoms with Gasteiger partial charge in [-0.25, -0.2) is 9.29 Å². The molecule has 1 aliphatic heterocycles. The van der Waals surface area contributed by atoms with Crippen molar-refractivity contribution in [3.05, 3.63) is 101 Å². The zero-order valence-corrected chi connectivity index (χ0v) is 15.3. The molecule has 0 unspecified atom stereocenters. The zero-order chi connectivity index (χ0) is 19.7. The largest absolute Gasteiger partial charge is 0.350 e. The quantitative estimate of drug-likeness (QED) is 0.644. The van der Waals surface area contributed by atoms with E-state index in [4.69, 9.17) is 11.6 Å². The van der Waals surface area contributed by atoms with Gasteiger partial charge in [0.1, 0.15) is 11.5 Å².